The molecule has 26 heavy (non-hydrogen) atoms. The van der Waals surface area contributed by atoms with Gasteiger partial charge in [0.1, 0.15) is 11.5 Å². The van der Waals surface area contributed by atoms with E-state index in [1.54, 1.807) is 6.08 Å². The Morgan fingerprint density at radius 3 is 2.42 bits per heavy atom. The normalized spacial score (nSPS) is 38.2. The van der Waals surface area contributed by atoms with Crippen LogP contribution in [0.4, 0.5) is 0 Å². The molecule has 0 heterocycles. The minimum absolute atomic E-state index is 0.243. The van der Waals surface area contributed by atoms with Crippen LogP contribution in [0.15, 0.2) is 29.8 Å². The first kappa shape index (κ1) is 17.2. The number of benzene rings is 1. The Hall–Kier alpha value is -2.19. The zero-order chi connectivity index (χ0) is 19.0. The molecule has 0 aromatic heterocycles. The second-order valence-electron chi connectivity index (χ2n) is 7.39. The van der Waals surface area contributed by atoms with Crippen molar-refractivity contribution in [3.63, 3.8) is 0 Å². The molecule has 0 saturated heterocycles. The van der Waals surface area contributed by atoms with Gasteiger partial charge in [0.15, 0.2) is 17.7 Å². The first-order valence-corrected chi connectivity index (χ1v) is 8.39. The summed E-state index contributed by atoms with van der Waals surface area (Å²) in [6, 6.07) is 7.35. The fourth-order valence-corrected chi connectivity index (χ4v) is 4.59. The van der Waals surface area contributed by atoms with E-state index >= 15 is 0 Å². The van der Waals surface area contributed by atoms with Gasteiger partial charge < -0.3 is 20.4 Å². The highest BCUT2D eigenvalue weighted by molar-refractivity contribution is 6.24. The van der Waals surface area contributed by atoms with E-state index in [9.17, 15) is 34.8 Å². The van der Waals surface area contributed by atoms with Crippen LogP contribution in [0.1, 0.15) is 30.4 Å². The van der Waals surface area contributed by atoms with Crippen LogP contribution < -0.4 is 0 Å². The Balaban J connectivity index is 1.90. The van der Waals surface area contributed by atoms with E-state index in [-0.39, 0.29) is 17.9 Å². The van der Waals surface area contributed by atoms with Crippen molar-refractivity contribution in [3.8, 4) is 0 Å². The van der Waals surface area contributed by atoms with Gasteiger partial charge in [-0.3, -0.25) is 14.4 Å². The minimum Gasteiger partial charge on any atom is -0.382 e. The molecular formula is C19H18O7. The molecule has 2 saturated carbocycles. The lowest BCUT2D eigenvalue weighted by atomic mass is 9.54. The van der Waals surface area contributed by atoms with Gasteiger partial charge in [-0.15, -0.1) is 0 Å². The zero-order valence-electron chi connectivity index (χ0n) is 13.9. The molecule has 136 valence electrons. The van der Waals surface area contributed by atoms with Gasteiger partial charge in [0.2, 0.25) is 5.78 Å². The molecule has 2 fully saturated rings. The highest BCUT2D eigenvalue weighted by Crippen LogP contribution is 2.53. The van der Waals surface area contributed by atoms with Gasteiger partial charge in [-0.2, -0.15) is 0 Å². The molecule has 0 bridgehead atoms. The molecule has 7 heteroatoms. The minimum atomic E-state index is -3.39. The smallest absolute Gasteiger partial charge is 0.258 e. The van der Waals surface area contributed by atoms with Crippen LogP contribution in [0.5, 0.6) is 0 Å². The van der Waals surface area contributed by atoms with Gasteiger partial charge in [-0.25, -0.2) is 0 Å². The summed E-state index contributed by atoms with van der Waals surface area (Å²) in [4.78, 5) is 37.4. The average Bonchev–Trinajstić information content (AvgIpc) is 2.60. The summed E-state index contributed by atoms with van der Waals surface area (Å²) in [6.07, 6.45) is -1.08. The molecule has 0 aliphatic heterocycles. The molecule has 1 aromatic carbocycles. The summed E-state index contributed by atoms with van der Waals surface area (Å²) in [7, 11) is 0. The first-order valence-electron chi connectivity index (χ1n) is 8.39. The van der Waals surface area contributed by atoms with Crippen LogP contribution in [0, 0.1) is 11.8 Å². The Kier molecular flexibility index (Phi) is 3.43. The third-order valence-corrected chi connectivity index (χ3v) is 6.11. The van der Waals surface area contributed by atoms with Crippen LogP contribution in [-0.2, 0) is 14.4 Å². The molecule has 0 amide bonds. The van der Waals surface area contributed by atoms with Crippen molar-refractivity contribution in [2.24, 2.45) is 11.8 Å². The van der Waals surface area contributed by atoms with Gasteiger partial charge in [-0.1, -0.05) is 31.2 Å². The van der Waals surface area contributed by atoms with Crippen molar-refractivity contribution in [2.45, 2.75) is 36.8 Å². The maximum absolute atomic E-state index is 13.0. The van der Waals surface area contributed by atoms with E-state index in [4.69, 9.17) is 0 Å². The lowest BCUT2D eigenvalue weighted by molar-refractivity contribution is -0.287. The maximum Gasteiger partial charge on any atom is 0.258 e. The van der Waals surface area contributed by atoms with Crippen molar-refractivity contribution < 1.29 is 34.8 Å². The monoisotopic (exact) mass is 358 g/mol. The largest absolute Gasteiger partial charge is 0.382 e. The number of ketones is 3. The van der Waals surface area contributed by atoms with E-state index in [1.807, 2.05) is 31.2 Å². The Labute approximate surface area is 148 Å². The molecule has 3 aliphatic carbocycles. The standard InChI is InChI=1S/C19H18O7/c1-8-10-5-3-2-4-9(10)6-11-12(8)7-18(24)13(14(11)20)15(21)16(22)17(23)19(18,25)26/h2-6,8,12-13,16,22,24-26H,7H2,1H3. The van der Waals surface area contributed by atoms with Crippen molar-refractivity contribution in [1.82, 2.24) is 0 Å². The Morgan fingerprint density at radius 2 is 1.73 bits per heavy atom. The summed E-state index contributed by atoms with van der Waals surface area (Å²) in [5.41, 5.74) is -0.660. The number of fused-ring (bicyclic) bond motifs is 3. The van der Waals surface area contributed by atoms with Crippen LogP contribution in [-0.4, -0.2) is 55.3 Å². The van der Waals surface area contributed by atoms with Crippen molar-refractivity contribution >= 4 is 23.4 Å². The van der Waals surface area contributed by atoms with Crippen LogP contribution in [0.2, 0.25) is 0 Å². The third kappa shape index (κ3) is 1.88. The van der Waals surface area contributed by atoms with E-state index < -0.39 is 46.7 Å². The SMILES string of the molecule is CC1c2ccccc2C=C2C(=O)C3C(=O)C(O)C(=O)C(O)(O)C3(O)CC21. The third-order valence-electron chi connectivity index (χ3n) is 6.11. The molecule has 1 aromatic rings. The molecule has 0 radical (unpaired) electrons. The molecule has 4 rings (SSSR count). The van der Waals surface area contributed by atoms with E-state index in [2.05, 4.69) is 0 Å². The van der Waals surface area contributed by atoms with Gasteiger partial charge >= 0.3 is 0 Å². The second kappa shape index (κ2) is 5.17. The van der Waals surface area contributed by atoms with E-state index in [1.165, 1.54) is 0 Å². The van der Waals surface area contributed by atoms with Crippen LogP contribution in [0.25, 0.3) is 6.08 Å². The van der Waals surface area contributed by atoms with Crippen molar-refractivity contribution in [2.75, 3.05) is 0 Å². The van der Waals surface area contributed by atoms with E-state index in [0.29, 0.717) is 0 Å². The molecule has 4 N–H and O–H groups in total. The molecule has 5 atom stereocenters. The number of carbonyl (C=O) groups is 3. The Bertz CT molecular complexity index is 884. The molecule has 0 spiro atoms. The summed E-state index contributed by atoms with van der Waals surface area (Å²) >= 11 is 0. The highest BCUT2D eigenvalue weighted by atomic mass is 16.5. The molecule has 3 aliphatic rings. The first-order chi connectivity index (χ1) is 12.1. The van der Waals surface area contributed by atoms with Crippen molar-refractivity contribution in [3.05, 3.63) is 41.0 Å². The number of allylic oxidation sites excluding steroid dienone is 1. The number of aliphatic hydroxyl groups excluding tert-OH is 1. The highest BCUT2D eigenvalue weighted by Gasteiger charge is 2.71. The number of aliphatic hydroxyl groups is 4. The Morgan fingerprint density at radius 1 is 1.08 bits per heavy atom. The predicted octanol–water partition coefficient (Wildman–Crippen LogP) is -0.683. The number of carbonyl (C=O) groups excluding carboxylic acids is 3. The molecule has 5 unspecified atom stereocenters. The quantitative estimate of drug-likeness (QED) is 0.357. The van der Waals surface area contributed by atoms with Crippen LogP contribution >= 0.6 is 0 Å². The van der Waals surface area contributed by atoms with E-state index in [0.717, 1.165) is 11.1 Å². The summed E-state index contributed by atoms with van der Waals surface area (Å²) in [6.45, 7) is 1.84. The fourth-order valence-electron chi connectivity index (χ4n) is 4.59. The van der Waals surface area contributed by atoms with Gasteiger partial charge in [0.05, 0.1) is 0 Å². The van der Waals surface area contributed by atoms with Crippen LogP contribution in [0.3, 0.4) is 0 Å². The summed E-state index contributed by atoms with van der Waals surface area (Å²) in [5, 5.41) is 41.2. The average molecular weight is 358 g/mol. The van der Waals surface area contributed by atoms with Gasteiger partial charge in [0.25, 0.3) is 5.79 Å². The molecule has 7 nitrogen and oxygen atoms in total. The maximum atomic E-state index is 13.0. The number of hydrogen-bond acceptors (Lipinski definition) is 7. The predicted molar refractivity (Wildman–Crippen MR) is 87.6 cm³/mol. The summed E-state index contributed by atoms with van der Waals surface area (Å²) < 4.78 is 0. The number of hydrogen-bond donors (Lipinski definition) is 4. The van der Waals surface area contributed by atoms with Gasteiger partial charge in [-0.05, 0) is 35.5 Å². The zero-order valence-corrected chi connectivity index (χ0v) is 13.9. The fraction of sp³-hybridized carbons (Fsp3) is 0.421. The molecular weight excluding hydrogens is 340 g/mol. The second-order valence-corrected chi connectivity index (χ2v) is 7.39. The summed E-state index contributed by atoms with van der Waals surface area (Å²) in [5.74, 6) is -9.71. The lowest BCUT2D eigenvalue weighted by Gasteiger charge is -2.52. The topological polar surface area (TPSA) is 132 Å². The number of rotatable bonds is 0. The van der Waals surface area contributed by atoms with Crippen molar-refractivity contribution in [1.29, 1.82) is 0 Å². The lowest BCUT2D eigenvalue weighted by Crippen LogP contribution is -2.76. The van der Waals surface area contributed by atoms with Gasteiger partial charge in [0, 0.05) is 5.57 Å². The number of Topliss-reactive ketones (excluding diaryl/α,β-unsaturated/α-hetero) is 3.